The monoisotopic (exact) mass is 343 g/mol. The Morgan fingerprint density at radius 2 is 2.21 bits per heavy atom. The average molecular weight is 343 g/mol. The van der Waals surface area contributed by atoms with Crippen LogP contribution in [0.4, 0.5) is 5.69 Å². The van der Waals surface area contributed by atoms with E-state index in [4.69, 9.17) is 4.74 Å². The van der Waals surface area contributed by atoms with E-state index < -0.39 is 0 Å². The normalized spacial score (nSPS) is 21.2. The van der Waals surface area contributed by atoms with Crippen molar-refractivity contribution in [3.63, 3.8) is 0 Å². The van der Waals surface area contributed by atoms with Crippen molar-refractivity contribution in [2.45, 2.75) is 25.3 Å². The van der Waals surface area contributed by atoms with Gasteiger partial charge in [-0.05, 0) is 31.5 Å². The molecule has 0 unspecified atom stereocenters. The molecule has 2 aromatic rings. The SMILES string of the molecule is O=C(CN1CCCC[C@H]1c1nccs1)N1CCOc2ccccc21. The number of piperidine rings is 1. The first kappa shape index (κ1) is 15.6. The van der Waals surface area contributed by atoms with Crippen molar-refractivity contribution in [1.29, 1.82) is 0 Å². The molecule has 1 fully saturated rings. The summed E-state index contributed by atoms with van der Waals surface area (Å²) < 4.78 is 5.66. The smallest absolute Gasteiger partial charge is 0.241 e. The third-order valence-electron chi connectivity index (χ3n) is 4.72. The second kappa shape index (κ2) is 6.91. The van der Waals surface area contributed by atoms with Crippen molar-refractivity contribution in [3.8, 4) is 5.75 Å². The molecule has 6 heteroatoms. The summed E-state index contributed by atoms with van der Waals surface area (Å²) in [6.07, 6.45) is 5.29. The lowest BCUT2D eigenvalue weighted by Gasteiger charge is -2.36. The predicted molar refractivity (Wildman–Crippen MR) is 94.6 cm³/mol. The van der Waals surface area contributed by atoms with Crippen molar-refractivity contribution in [2.75, 3.05) is 31.1 Å². The fourth-order valence-electron chi connectivity index (χ4n) is 3.55. The summed E-state index contributed by atoms with van der Waals surface area (Å²) in [6, 6.07) is 8.05. The number of aromatic nitrogens is 1. The summed E-state index contributed by atoms with van der Waals surface area (Å²) in [5.41, 5.74) is 0.886. The standard InChI is InChI=1S/C18H21N3O2S/c22-17(21-10-11-23-16-7-2-1-5-14(16)21)13-20-9-4-3-6-15(20)18-19-8-12-24-18/h1-2,5,7-8,12,15H,3-4,6,9-11,13H2/t15-/m0/s1. The molecule has 0 radical (unpaired) electrons. The fraction of sp³-hybridized carbons (Fsp3) is 0.444. The van der Waals surface area contributed by atoms with Gasteiger partial charge in [-0.3, -0.25) is 9.69 Å². The largest absolute Gasteiger partial charge is 0.490 e. The van der Waals surface area contributed by atoms with Gasteiger partial charge < -0.3 is 9.64 Å². The van der Waals surface area contributed by atoms with Gasteiger partial charge in [0.25, 0.3) is 0 Å². The maximum atomic E-state index is 13.0. The number of benzene rings is 1. The number of likely N-dealkylation sites (tertiary alicyclic amines) is 1. The number of hydrogen-bond acceptors (Lipinski definition) is 5. The van der Waals surface area contributed by atoms with E-state index in [1.807, 2.05) is 40.7 Å². The minimum absolute atomic E-state index is 0.147. The minimum Gasteiger partial charge on any atom is -0.490 e. The highest BCUT2D eigenvalue weighted by molar-refractivity contribution is 7.09. The number of hydrogen-bond donors (Lipinski definition) is 0. The first-order valence-corrected chi connectivity index (χ1v) is 9.36. The molecule has 1 saturated heterocycles. The number of rotatable bonds is 3. The maximum absolute atomic E-state index is 13.0. The zero-order valence-electron chi connectivity index (χ0n) is 13.6. The lowest BCUT2D eigenvalue weighted by atomic mass is 10.0. The minimum atomic E-state index is 0.147. The van der Waals surface area contributed by atoms with Crippen LogP contribution in [0.5, 0.6) is 5.75 Å². The van der Waals surface area contributed by atoms with Gasteiger partial charge in [0.15, 0.2) is 0 Å². The van der Waals surface area contributed by atoms with Crippen LogP contribution in [0.15, 0.2) is 35.8 Å². The van der Waals surface area contributed by atoms with Gasteiger partial charge in [-0.25, -0.2) is 4.98 Å². The van der Waals surface area contributed by atoms with Crippen LogP contribution < -0.4 is 9.64 Å². The first-order valence-electron chi connectivity index (χ1n) is 8.48. The molecule has 24 heavy (non-hydrogen) atoms. The Bertz CT molecular complexity index is 704. The van der Waals surface area contributed by atoms with Crippen LogP contribution in [0.2, 0.25) is 0 Å². The summed E-state index contributed by atoms with van der Waals surface area (Å²) in [6.45, 7) is 2.57. The molecule has 0 spiro atoms. The highest BCUT2D eigenvalue weighted by atomic mass is 32.1. The third kappa shape index (κ3) is 3.03. The van der Waals surface area contributed by atoms with Crippen LogP contribution in [0.3, 0.4) is 0 Å². The van der Waals surface area contributed by atoms with Gasteiger partial charge in [-0.1, -0.05) is 18.6 Å². The molecule has 0 N–H and O–H groups in total. The summed E-state index contributed by atoms with van der Waals surface area (Å²) in [5, 5.41) is 3.15. The molecule has 0 bridgehead atoms. The van der Waals surface area contributed by atoms with E-state index in [1.54, 1.807) is 11.3 Å². The van der Waals surface area contributed by atoms with Gasteiger partial charge in [-0.15, -0.1) is 11.3 Å². The number of fused-ring (bicyclic) bond motifs is 1. The molecule has 1 aromatic carbocycles. The van der Waals surface area contributed by atoms with E-state index in [9.17, 15) is 4.79 Å². The molecular formula is C18H21N3O2S. The number of nitrogens with zero attached hydrogens (tertiary/aromatic N) is 3. The van der Waals surface area contributed by atoms with Crippen LogP contribution in [0, 0.1) is 0 Å². The number of amides is 1. The van der Waals surface area contributed by atoms with Gasteiger partial charge in [0.05, 0.1) is 24.8 Å². The van der Waals surface area contributed by atoms with Crippen LogP contribution in [-0.2, 0) is 4.79 Å². The van der Waals surface area contributed by atoms with E-state index >= 15 is 0 Å². The molecule has 1 atom stereocenters. The number of para-hydroxylation sites is 2. The zero-order chi connectivity index (χ0) is 16.4. The van der Waals surface area contributed by atoms with Crippen molar-refractivity contribution in [3.05, 3.63) is 40.8 Å². The maximum Gasteiger partial charge on any atom is 0.241 e. The number of anilines is 1. The Morgan fingerprint density at radius 1 is 1.29 bits per heavy atom. The Balaban J connectivity index is 1.51. The second-order valence-electron chi connectivity index (χ2n) is 6.21. The van der Waals surface area contributed by atoms with Gasteiger partial charge in [0.1, 0.15) is 17.4 Å². The summed E-state index contributed by atoms with van der Waals surface area (Å²) in [4.78, 5) is 21.6. The zero-order valence-corrected chi connectivity index (χ0v) is 14.4. The molecule has 1 aromatic heterocycles. The average Bonchev–Trinajstić information content (AvgIpc) is 3.16. The second-order valence-corrected chi connectivity index (χ2v) is 7.14. The van der Waals surface area contributed by atoms with Gasteiger partial charge in [0.2, 0.25) is 5.91 Å². The molecule has 2 aliphatic heterocycles. The number of carbonyl (C=O) groups excluding carboxylic acids is 1. The van der Waals surface area contributed by atoms with Gasteiger partial charge in [0, 0.05) is 11.6 Å². The van der Waals surface area contributed by atoms with Gasteiger partial charge >= 0.3 is 0 Å². The molecular weight excluding hydrogens is 322 g/mol. The summed E-state index contributed by atoms with van der Waals surface area (Å²) in [7, 11) is 0. The van der Waals surface area contributed by atoms with Gasteiger partial charge in [-0.2, -0.15) is 0 Å². The Hall–Kier alpha value is -1.92. The Kier molecular flexibility index (Phi) is 4.49. The van der Waals surface area contributed by atoms with Crippen molar-refractivity contribution in [1.82, 2.24) is 9.88 Å². The third-order valence-corrected chi connectivity index (χ3v) is 5.59. The van der Waals surface area contributed by atoms with Crippen molar-refractivity contribution >= 4 is 22.9 Å². The lowest BCUT2D eigenvalue weighted by molar-refractivity contribution is -0.121. The molecule has 0 saturated carbocycles. The molecule has 1 amide bonds. The molecule has 2 aliphatic rings. The number of ether oxygens (including phenoxy) is 1. The molecule has 3 heterocycles. The van der Waals surface area contributed by atoms with E-state index in [2.05, 4.69) is 9.88 Å². The van der Waals surface area contributed by atoms with Crippen LogP contribution >= 0.6 is 11.3 Å². The van der Waals surface area contributed by atoms with E-state index in [-0.39, 0.29) is 11.9 Å². The Labute approximate surface area is 145 Å². The predicted octanol–water partition coefficient (Wildman–Crippen LogP) is 3.10. The van der Waals surface area contributed by atoms with Crippen LogP contribution in [0.1, 0.15) is 30.3 Å². The quantitative estimate of drug-likeness (QED) is 0.859. The highest BCUT2D eigenvalue weighted by Crippen LogP contribution is 2.34. The van der Waals surface area contributed by atoms with E-state index in [1.165, 1.54) is 6.42 Å². The number of carbonyl (C=O) groups is 1. The fourth-order valence-corrected chi connectivity index (χ4v) is 4.35. The topological polar surface area (TPSA) is 45.7 Å². The first-order chi connectivity index (χ1) is 11.8. The highest BCUT2D eigenvalue weighted by Gasteiger charge is 2.30. The molecule has 0 aliphatic carbocycles. The summed E-state index contributed by atoms with van der Waals surface area (Å²) >= 11 is 1.69. The van der Waals surface area contributed by atoms with Crippen LogP contribution in [0.25, 0.3) is 0 Å². The molecule has 126 valence electrons. The molecule has 4 rings (SSSR count). The molecule has 5 nitrogen and oxygen atoms in total. The Morgan fingerprint density at radius 3 is 3.08 bits per heavy atom. The van der Waals surface area contributed by atoms with Crippen molar-refractivity contribution < 1.29 is 9.53 Å². The summed E-state index contributed by atoms with van der Waals surface area (Å²) in [5.74, 6) is 0.946. The lowest BCUT2D eigenvalue weighted by Crippen LogP contribution is -2.46. The van der Waals surface area contributed by atoms with Crippen molar-refractivity contribution in [2.24, 2.45) is 0 Å². The van der Waals surface area contributed by atoms with E-state index in [0.29, 0.717) is 19.7 Å². The van der Waals surface area contributed by atoms with Crippen LogP contribution in [-0.4, -0.2) is 42.0 Å². The van der Waals surface area contributed by atoms with E-state index in [0.717, 1.165) is 35.8 Å². The number of thiazole rings is 1.